The highest BCUT2D eigenvalue weighted by molar-refractivity contribution is 7.91. The second kappa shape index (κ2) is 5.48. The Hall–Kier alpha value is -1.73. The highest BCUT2D eigenvalue weighted by Crippen LogP contribution is 2.24. The van der Waals surface area contributed by atoms with Crippen LogP contribution in [-0.2, 0) is 9.84 Å². The van der Waals surface area contributed by atoms with Crippen molar-refractivity contribution in [1.82, 2.24) is 10.3 Å². The minimum absolute atomic E-state index is 0.00263. The van der Waals surface area contributed by atoms with Gasteiger partial charge in [-0.15, -0.1) is 11.3 Å². The number of nitrogens with zero attached hydrogens (tertiary/aromatic N) is 1. The van der Waals surface area contributed by atoms with Crippen molar-refractivity contribution in [1.29, 1.82) is 0 Å². The maximum Gasteiger partial charge on any atom is 0.251 e. The van der Waals surface area contributed by atoms with Gasteiger partial charge in [0.05, 0.1) is 28.2 Å². The Morgan fingerprint density at radius 2 is 2.05 bits per heavy atom. The molecule has 1 amide bonds. The number of carbonyl (C=O) groups is 1. The van der Waals surface area contributed by atoms with Crippen molar-refractivity contribution in [3.8, 4) is 11.3 Å². The van der Waals surface area contributed by atoms with Crippen LogP contribution in [0, 0.1) is 0 Å². The average molecular weight is 336 g/mol. The van der Waals surface area contributed by atoms with Gasteiger partial charge in [0.15, 0.2) is 9.84 Å². The first-order valence-electron chi connectivity index (χ1n) is 6.89. The van der Waals surface area contributed by atoms with Crippen molar-refractivity contribution in [2.45, 2.75) is 18.9 Å². The van der Waals surface area contributed by atoms with Gasteiger partial charge in [-0.1, -0.05) is 12.1 Å². The molecule has 116 valence electrons. The number of hydrogen-bond acceptors (Lipinski definition) is 5. The summed E-state index contributed by atoms with van der Waals surface area (Å²) in [7, 11) is -3.04. The molecule has 1 aliphatic heterocycles. The van der Waals surface area contributed by atoms with Crippen LogP contribution in [0.5, 0.6) is 0 Å². The molecule has 0 radical (unpaired) electrons. The van der Waals surface area contributed by atoms with E-state index in [1.54, 1.807) is 24.6 Å². The molecular weight excluding hydrogens is 320 g/mol. The number of hydrogen-bond donors (Lipinski definition) is 1. The number of amides is 1. The molecule has 1 fully saturated rings. The number of carbonyl (C=O) groups excluding carboxylic acids is 1. The number of sulfone groups is 1. The van der Waals surface area contributed by atoms with Gasteiger partial charge in [0, 0.05) is 16.5 Å². The van der Waals surface area contributed by atoms with Gasteiger partial charge in [-0.3, -0.25) is 4.79 Å². The zero-order chi connectivity index (χ0) is 15.8. The van der Waals surface area contributed by atoms with Gasteiger partial charge < -0.3 is 5.32 Å². The lowest BCUT2D eigenvalue weighted by Gasteiger charge is -2.23. The summed E-state index contributed by atoms with van der Waals surface area (Å²) >= 11 is 1.52. The quantitative estimate of drug-likeness (QED) is 0.931. The molecule has 5 nitrogen and oxygen atoms in total. The summed E-state index contributed by atoms with van der Waals surface area (Å²) < 4.78 is 23.2. The fourth-order valence-corrected chi connectivity index (χ4v) is 5.26. The Labute approximate surface area is 133 Å². The van der Waals surface area contributed by atoms with Gasteiger partial charge in [-0.2, -0.15) is 0 Å². The van der Waals surface area contributed by atoms with E-state index in [4.69, 9.17) is 0 Å². The van der Waals surface area contributed by atoms with Crippen LogP contribution in [0.4, 0.5) is 0 Å². The lowest BCUT2D eigenvalue weighted by Crippen LogP contribution is -2.46. The van der Waals surface area contributed by atoms with Gasteiger partial charge in [0.1, 0.15) is 0 Å². The average Bonchev–Trinajstić information content (AvgIpc) is 3.07. The van der Waals surface area contributed by atoms with E-state index in [0.29, 0.717) is 12.0 Å². The fraction of sp³-hybridized carbons (Fsp3) is 0.333. The van der Waals surface area contributed by atoms with Gasteiger partial charge in [0.25, 0.3) is 5.91 Å². The topological polar surface area (TPSA) is 76.1 Å². The molecule has 1 aliphatic rings. The first-order chi connectivity index (χ1) is 10.4. The third kappa shape index (κ3) is 3.20. The van der Waals surface area contributed by atoms with Gasteiger partial charge in [-0.25, -0.2) is 13.4 Å². The third-order valence-corrected chi connectivity index (χ3v) is 6.28. The number of aromatic nitrogens is 1. The van der Waals surface area contributed by atoms with Crippen molar-refractivity contribution in [2.75, 3.05) is 11.5 Å². The molecule has 1 N–H and O–H groups in total. The summed E-state index contributed by atoms with van der Waals surface area (Å²) in [5.74, 6) is -0.112. The van der Waals surface area contributed by atoms with Crippen LogP contribution in [0.25, 0.3) is 11.3 Å². The maximum atomic E-state index is 12.3. The van der Waals surface area contributed by atoms with E-state index < -0.39 is 15.4 Å². The highest BCUT2D eigenvalue weighted by Gasteiger charge is 2.39. The molecular formula is C15H16N2O3S2. The predicted molar refractivity (Wildman–Crippen MR) is 86.7 cm³/mol. The van der Waals surface area contributed by atoms with E-state index >= 15 is 0 Å². The molecule has 7 heteroatoms. The summed E-state index contributed by atoms with van der Waals surface area (Å²) in [6.07, 6.45) is 0.456. The van der Waals surface area contributed by atoms with Crippen LogP contribution in [0.3, 0.4) is 0 Å². The molecule has 0 aliphatic carbocycles. The van der Waals surface area contributed by atoms with Crippen LogP contribution < -0.4 is 5.32 Å². The predicted octanol–water partition coefficient (Wildman–Crippen LogP) is 2.12. The standard InChI is InChI=1S/C15H16N2O3S2/c1-15(6-7-22(19,20)9-15)17-14(18)12-4-2-11(3-5-12)13-8-21-10-16-13/h2-5,8,10H,6-7,9H2,1H3,(H,17,18)/t15-/m1/s1. The molecule has 2 aromatic rings. The highest BCUT2D eigenvalue weighted by atomic mass is 32.2. The van der Waals surface area contributed by atoms with Crippen molar-refractivity contribution in [3.05, 3.63) is 40.7 Å². The Balaban J connectivity index is 1.73. The monoisotopic (exact) mass is 336 g/mol. The fourth-order valence-electron chi connectivity index (χ4n) is 2.60. The summed E-state index contributed by atoms with van der Waals surface area (Å²) in [6, 6.07) is 7.16. The van der Waals surface area contributed by atoms with Crippen LogP contribution in [0.15, 0.2) is 35.2 Å². The minimum atomic E-state index is -3.04. The minimum Gasteiger partial charge on any atom is -0.346 e. The van der Waals surface area contributed by atoms with Crippen molar-refractivity contribution < 1.29 is 13.2 Å². The van der Waals surface area contributed by atoms with Gasteiger partial charge >= 0.3 is 0 Å². The molecule has 1 aromatic carbocycles. The zero-order valence-corrected chi connectivity index (χ0v) is 13.7. The molecule has 0 unspecified atom stereocenters. The Morgan fingerprint density at radius 1 is 1.32 bits per heavy atom. The Morgan fingerprint density at radius 3 is 2.59 bits per heavy atom. The number of thiazole rings is 1. The SMILES string of the molecule is C[C@@]1(NC(=O)c2ccc(-c3cscn3)cc2)CCS(=O)(=O)C1. The van der Waals surface area contributed by atoms with Crippen molar-refractivity contribution in [3.63, 3.8) is 0 Å². The lowest BCUT2D eigenvalue weighted by atomic mass is 10.0. The van der Waals surface area contributed by atoms with Crippen LogP contribution in [0.1, 0.15) is 23.7 Å². The molecule has 0 bridgehead atoms. The molecule has 0 spiro atoms. The molecule has 1 aromatic heterocycles. The second-order valence-electron chi connectivity index (χ2n) is 5.81. The molecule has 0 saturated carbocycles. The van der Waals surface area contributed by atoms with Crippen LogP contribution in [0.2, 0.25) is 0 Å². The summed E-state index contributed by atoms with van der Waals surface area (Å²) in [4.78, 5) is 16.5. The molecule has 2 heterocycles. The van der Waals surface area contributed by atoms with E-state index in [9.17, 15) is 13.2 Å². The summed E-state index contributed by atoms with van der Waals surface area (Å²) in [6.45, 7) is 1.78. The van der Waals surface area contributed by atoms with E-state index in [0.717, 1.165) is 11.3 Å². The first kappa shape index (κ1) is 15.2. The normalized spacial score (nSPS) is 23.3. The molecule has 3 rings (SSSR count). The van der Waals surface area contributed by atoms with Crippen LogP contribution >= 0.6 is 11.3 Å². The molecule has 1 atom stereocenters. The largest absolute Gasteiger partial charge is 0.346 e. The third-order valence-electron chi connectivity index (χ3n) is 3.79. The van der Waals surface area contributed by atoms with E-state index in [1.807, 2.05) is 17.5 Å². The van der Waals surface area contributed by atoms with Gasteiger partial charge in [0.2, 0.25) is 0 Å². The number of rotatable bonds is 3. The summed E-state index contributed by atoms with van der Waals surface area (Å²) in [5, 5.41) is 4.79. The molecule has 1 saturated heterocycles. The molecule has 22 heavy (non-hydrogen) atoms. The Kier molecular flexibility index (Phi) is 3.78. The lowest BCUT2D eigenvalue weighted by molar-refractivity contribution is 0.0915. The van der Waals surface area contributed by atoms with E-state index in [2.05, 4.69) is 10.3 Å². The first-order valence-corrected chi connectivity index (χ1v) is 9.65. The smallest absolute Gasteiger partial charge is 0.251 e. The Bertz CT molecular complexity index is 783. The zero-order valence-electron chi connectivity index (χ0n) is 12.1. The maximum absolute atomic E-state index is 12.3. The number of benzene rings is 1. The van der Waals surface area contributed by atoms with Gasteiger partial charge in [-0.05, 0) is 25.5 Å². The summed E-state index contributed by atoms with van der Waals surface area (Å²) in [5.41, 5.74) is 3.43. The van der Waals surface area contributed by atoms with E-state index in [-0.39, 0.29) is 17.4 Å². The number of nitrogens with one attached hydrogen (secondary N) is 1. The van der Waals surface area contributed by atoms with E-state index in [1.165, 1.54) is 11.3 Å². The van der Waals surface area contributed by atoms with Crippen LogP contribution in [-0.4, -0.2) is 36.4 Å². The van der Waals surface area contributed by atoms with Crippen molar-refractivity contribution >= 4 is 27.1 Å². The second-order valence-corrected chi connectivity index (χ2v) is 8.71. The van der Waals surface area contributed by atoms with Crippen molar-refractivity contribution in [2.24, 2.45) is 0 Å².